The van der Waals surface area contributed by atoms with Gasteiger partial charge in [-0.05, 0) is 54.8 Å². The lowest BCUT2D eigenvalue weighted by molar-refractivity contribution is -0.000257. The van der Waals surface area contributed by atoms with E-state index in [-0.39, 0.29) is 12.7 Å². The monoisotopic (exact) mass is 254 g/mol. The molecule has 2 heteroatoms. The Balaban J connectivity index is 1.91. The van der Waals surface area contributed by atoms with Crippen LogP contribution >= 0.6 is 0 Å². The van der Waals surface area contributed by atoms with Crippen molar-refractivity contribution in [2.24, 2.45) is 22.7 Å². The van der Waals surface area contributed by atoms with Gasteiger partial charge in [0.15, 0.2) is 0 Å². The molecule has 2 rings (SSSR count). The first-order chi connectivity index (χ1) is 8.43. The Kier molecular flexibility index (Phi) is 4.08. The summed E-state index contributed by atoms with van der Waals surface area (Å²) in [6.07, 6.45) is 7.65. The number of aliphatic hydroxyl groups excluding tert-OH is 2. The first-order valence-electron chi connectivity index (χ1n) is 7.72. The van der Waals surface area contributed by atoms with E-state index < -0.39 is 0 Å². The molecule has 2 nitrogen and oxygen atoms in total. The number of rotatable bonds is 6. The summed E-state index contributed by atoms with van der Waals surface area (Å²) in [5.41, 5.74) is 0.748. The number of hydrogen-bond donors (Lipinski definition) is 2. The molecule has 2 saturated carbocycles. The number of unbranched alkanes of at least 4 members (excludes halogenated alkanes) is 2. The van der Waals surface area contributed by atoms with Gasteiger partial charge in [0.25, 0.3) is 0 Å². The highest BCUT2D eigenvalue weighted by molar-refractivity contribution is 5.11. The Morgan fingerprint density at radius 2 is 1.89 bits per heavy atom. The Labute approximate surface area is 112 Å². The zero-order chi connectivity index (χ0) is 13.4. The SMILES string of the molecule is CC1(C)C2CCC1(C)C(C(O)CCCCCO)C2. The third kappa shape index (κ3) is 2.12. The predicted molar refractivity (Wildman–Crippen MR) is 74.3 cm³/mol. The molecule has 0 radical (unpaired) electrons. The van der Waals surface area contributed by atoms with Crippen LogP contribution in [-0.2, 0) is 0 Å². The van der Waals surface area contributed by atoms with Crippen molar-refractivity contribution in [3.8, 4) is 0 Å². The highest BCUT2D eigenvalue weighted by Gasteiger charge is 2.62. The average molecular weight is 254 g/mol. The van der Waals surface area contributed by atoms with E-state index >= 15 is 0 Å². The minimum absolute atomic E-state index is 0.127. The summed E-state index contributed by atoms with van der Waals surface area (Å²) >= 11 is 0. The van der Waals surface area contributed by atoms with Crippen LogP contribution in [0.2, 0.25) is 0 Å². The van der Waals surface area contributed by atoms with E-state index in [1.807, 2.05) is 0 Å². The van der Waals surface area contributed by atoms with Crippen LogP contribution < -0.4 is 0 Å². The highest BCUT2D eigenvalue weighted by atomic mass is 16.3. The number of hydrogen-bond acceptors (Lipinski definition) is 2. The van der Waals surface area contributed by atoms with E-state index in [0.29, 0.717) is 16.7 Å². The van der Waals surface area contributed by atoms with Crippen LogP contribution in [0.5, 0.6) is 0 Å². The third-order valence-electron chi connectivity index (χ3n) is 6.48. The lowest BCUT2D eigenvalue weighted by Gasteiger charge is -2.41. The summed E-state index contributed by atoms with van der Waals surface area (Å²) in [5, 5.41) is 19.3. The summed E-state index contributed by atoms with van der Waals surface area (Å²) in [7, 11) is 0. The van der Waals surface area contributed by atoms with Crippen molar-refractivity contribution in [1.29, 1.82) is 0 Å². The molecule has 0 aliphatic heterocycles. The molecule has 18 heavy (non-hydrogen) atoms. The normalized spacial score (nSPS) is 39.2. The molecule has 2 N–H and O–H groups in total. The minimum Gasteiger partial charge on any atom is -0.396 e. The van der Waals surface area contributed by atoms with Gasteiger partial charge in [0.05, 0.1) is 6.10 Å². The zero-order valence-electron chi connectivity index (χ0n) is 12.3. The van der Waals surface area contributed by atoms with Gasteiger partial charge < -0.3 is 10.2 Å². The third-order valence-corrected chi connectivity index (χ3v) is 6.48. The molecule has 2 aliphatic rings. The summed E-state index contributed by atoms with van der Waals surface area (Å²) in [6, 6.07) is 0. The molecule has 0 aromatic heterocycles. The molecular formula is C16H30O2. The van der Waals surface area contributed by atoms with E-state index in [1.165, 1.54) is 19.3 Å². The Morgan fingerprint density at radius 1 is 1.17 bits per heavy atom. The van der Waals surface area contributed by atoms with E-state index in [9.17, 15) is 5.11 Å². The van der Waals surface area contributed by atoms with Gasteiger partial charge in [-0.3, -0.25) is 0 Å². The zero-order valence-corrected chi connectivity index (χ0v) is 12.3. The molecule has 0 aromatic carbocycles. The van der Waals surface area contributed by atoms with Gasteiger partial charge in [0.2, 0.25) is 0 Å². The predicted octanol–water partition coefficient (Wildman–Crippen LogP) is 3.36. The van der Waals surface area contributed by atoms with Crippen LogP contribution in [0.1, 0.15) is 65.7 Å². The lowest BCUT2D eigenvalue weighted by atomic mass is 9.65. The highest BCUT2D eigenvalue weighted by Crippen LogP contribution is 2.68. The summed E-state index contributed by atoms with van der Waals surface area (Å²) in [4.78, 5) is 0. The standard InChI is InChI=1S/C16H30O2/c1-15(2)12-8-9-16(15,3)13(11-12)14(18)7-5-4-6-10-17/h12-14,17-18H,4-11H2,1-3H3. The molecular weight excluding hydrogens is 224 g/mol. The van der Waals surface area contributed by atoms with Crippen LogP contribution in [0.4, 0.5) is 0 Å². The largest absolute Gasteiger partial charge is 0.396 e. The maximum atomic E-state index is 10.5. The Bertz CT molecular complexity index is 287. The van der Waals surface area contributed by atoms with Crippen LogP contribution in [0, 0.1) is 22.7 Å². The van der Waals surface area contributed by atoms with Crippen LogP contribution in [0.3, 0.4) is 0 Å². The lowest BCUT2D eigenvalue weighted by Crippen LogP contribution is -2.38. The van der Waals surface area contributed by atoms with Gasteiger partial charge in [-0.15, -0.1) is 0 Å². The van der Waals surface area contributed by atoms with Crippen LogP contribution in [-0.4, -0.2) is 22.9 Å². The molecule has 0 aromatic rings. The molecule has 4 atom stereocenters. The van der Waals surface area contributed by atoms with Crippen molar-refractivity contribution >= 4 is 0 Å². The van der Waals surface area contributed by atoms with Crippen molar-refractivity contribution in [3.05, 3.63) is 0 Å². The molecule has 0 spiro atoms. The summed E-state index contributed by atoms with van der Waals surface area (Å²) in [5.74, 6) is 1.32. The second kappa shape index (κ2) is 5.13. The fourth-order valence-electron chi connectivity index (χ4n) is 4.69. The van der Waals surface area contributed by atoms with Crippen molar-refractivity contribution < 1.29 is 10.2 Å². The maximum Gasteiger partial charge on any atom is 0.0573 e. The second-order valence-electron chi connectivity index (χ2n) is 7.36. The smallest absolute Gasteiger partial charge is 0.0573 e. The van der Waals surface area contributed by atoms with E-state index in [4.69, 9.17) is 5.11 Å². The summed E-state index contributed by atoms with van der Waals surface area (Å²) in [6.45, 7) is 7.50. The van der Waals surface area contributed by atoms with Gasteiger partial charge in [-0.2, -0.15) is 0 Å². The van der Waals surface area contributed by atoms with Gasteiger partial charge >= 0.3 is 0 Å². The van der Waals surface area contributed by atoms with Crippen molar-refractivity contribution in [1.82, 2.24) is 0 Å². The fourth-order valence-corrected chi connectivity index (χ4v) is 4.69. The molecule has 2 bridgehead atoms. The van der Waals surface area contributed by atoms with E-state index in [1.54, 1.807) is 0 Å². The maximum absolute atomic E-state index is 10.5. The summed E-state index contributed by atoms with van der Waals surface area (Å²) < 4.78 is 0. The molecule has 106 valence electrons. The van der Waals surface area contributed by atoms with Crippen LogP contribution in [0.15, 0.2) is 0 Å². The number of aliphatic hydroxyl groups is 2. The van der Waals surface area contributed by atoms with Crippen molar-refractivity contribution in [3.63, 3.8) is 0 Å². The number of fused-ring (bicyclic) bond motifs is 2. The van der Waals surface area contributed by atoms with Gasteiger partial charge in [0.1, 0.15) is 0 Å². The first-order valence-corrected chi connectivity index (χ1v) is 7.72. The molecule has 0 saturated heterocycles. The average Bonchev–Trinajstić information content (AvgIpc) is 2.66. The Hall–Kier alpha value is -0.0800. The van der Waals surface area contributed by atoms with Crippen molar-refractivity contribution in [2.45, 2.75) is 71.8 Å². The van der Waals surface area contributed by atoms with Crippen molar-refractivity contribution in [2.75, 3.05) is 6.61 Å². The second-order valence-corrected chi connectivity index (χ2v) is 7.36. The van der Waals surface area contributed by atoms with Gasteiger partial charge in [0, 0.05) is 6.61 Å². The van der Waals surface area contributed by atoms with E-state index in [2.05, 4.69) is 20.8 Å². The minimum atomic E-state index is -0.127. The molecule has 0 heterocycles. The van der Waals surface area contributed by atoms with Gasteiger partial charge in [-0.25, -0.2) is 0 Å². The topological polar surface area (TPSA) is 40.5 Å². The van der Waals surface area contributed by atoms with E-state index in [0.717, 1.165) is 31.6 Å². The molecule has 0 amide bonds. The molecule has 4 unspecified atom stereocenters. The molecule has 2 fully saturated rings. The quantitative estimate of drug-likeness (QED) is 0.714. The fraction of sp³-hybridized carbons (Fsp3) is 1.00. The first kappa shape index (κ1) is 14.3. The van der Waals surface area contributed by atoms with Crippen LogP contribution in [0.25, 0.3) is 0 Å². The Morgan fingerprint density at radius 3 is 2.39 bits per heavy atom. The van der Waals surface area contributed by atoms with Gasteiger partial charge in [-0.1, -0.05) is 33.6 Å². The molecule has 2 aliphatic carbocycles.